The van der Waals surface area contributed by atoms with Gasteiger partial charge in [-0.2, -0.15) is 5.10 Å². The van der Waals surface area contributed by atoms with E-state index in [4.69, 9.17) is 4.42 Å². The molecule has 26 heavy (non-hydrogen) atoms. The van der Waals surface area contributed by atoms with Crippen molar-refractivity contribution >= 4 is 27.9 Å². The number of carbonyl (C=O) groups is 1. The summed E-state index contributed by atoms with van der Waals surface area (Å²) < 4.78 is 8.80. The molecule has 4 rings (SSSR count). The summed E-state index contributed by atoms with van der Waals surface area (Å²) in [5.74, 6) is 0.743. The highest BCUT2D eigenvalue weighted by Crippen LogP contribution is 2.28. The molecule has 7 nitrogen and oxygen atoms in total. The normalized spacial score (nSPS) is 21.0. The van der Waals surface area contributed by atoms with E-state index >= 15 is 0 Å². The summed E-state index contributed by atoms with van der Waals surface area (Å²) in [6.07, 6.45) is 4.77. The van der Waals surface area contributed by atoms with Crippen LogP contribution in [0.25, 0.3) is 22.0 Å². The minimum absolute atomic E-state index is 0.0327. The fourth-order valence-electron chi connectivity index (χ4n) is 4.27. The Morgan fingerprint density at radius 1 is 1.31 bits per heavy atom. The summed E-state index contributed by atoms with van der Waals surface area (Å²) in [5.41, 5.74) is 1.78. The number of aryl methyl sites for hydroxylation is 2. The van der Waals surface area contributed by atoms with Crippen molar-refractivity contribution in [3.05, 3.63) is 28.4 Å². The fourth-order valence-corrected chi connectivity index (χ4v) is 4.27. The van der Waals surface area contributed by atoms with Crippen LogP contribution in [-0.2, 0) is 18.4 Å². The third kappa shape index (κ3) is 2.45. The number of hydrogen-bond donors (Lipinski definition) is 0. The standard InChI is InChI=1S/C19H24N4O3/c1-11-6-5-7-12(2)23(11)16(24)10-22-19(25)17-14(9-20-22)18-15(21(17)4)8-13(3)26-18/h8-9,11-12H,5-7,10H2,1-4H3/t11-,12-/m1/s1. The van der Waals surface area contributed by atoms with E-state index in [0.29, 0.717) is 16.5 Å². The Balaban J connectivity index is 1.73. The number of likely N-dealkylation sites (tertiary alicyclic amines) is 1. The molecule has 7 heteroatoms. The molecular formula is C19H24N4O3. The summed E-state index contributed by atoms with van der Waals surface area (Å²) >= 11 is 0. The molecule has 1 fully saturated rings. The molecule has 3 aromatic heterocycles. The molecule has 0 bridgehead atoms. The van der Waals surface area contributed by atoms with Gasteiger partial charge in [-0.15, -0.1) is 0 Å². The van der Waals surface area contributed by atoms with E-state index in [0.717, 1.165) is 30.5 Å². The highest BCUT2D eigenvalue weighted by atomic mass is 16.3. The summed E-state index contributed by atoms with van der Waals surface area (Å²) in [7, 11) is 1.84. The zero-order chi connectivity index (χ0) is 18.6. The smallest absolute Gasteiger partial charge is 0.291 e. The molecule has 2 atom stereocenters. The van der Waals surface area contributed by atoms with Crippen LogP contribution in [0, 0.1) is 6.92 Å². The van der Waals surface area contributed by atoms with E-state index in [2.05, 4.69) is 18.9 Å². The van der Waals surface area contributed by atoms with E-state index in [1.54, 1.807) is 6.20 Å². The molecule has 0 saturated carbocycles. The molecule has 1 aliphatic rings. The molecule has 1 aliphatic heterocycles. The second-order valence-electron chi connectivity index (χ2n) is 7.43. The van der Waals surface area contributed by atoms with Crippen molar-refractivity contribution in [2.24, 2.45) is 7.05 Å². The zero-order valence-electron chi connectivity index (χ0n) is 15.7. The molecule has 0 unspecified atom stereocenters. The maximum Gasteiger partial charge on any atom is 0.291 e. The van der Waals surface area contributed by atoms with E-state index in [1.165, 1.54) is 4.68 Å². The van der Waals surface area contributed by atoms with Crippen LogP contribution in [0.4, 0.5) is 0 Å². The van der Waals surface area contributed by atoms with E-state index in [9.17, 15) is 9.59 Å². The van der Waals surface area contributed by atoms with Gasteiger partial charge in [-0.3, -0.25) is 9.59 Å². The van der Waals surface area contributed by atoms with Gasteiger partial charge >= 0.3 is 0 Å². The number of amides is 1. The Bertz CT molecular complexity index is 1050. The molecule has 0 aliphatic carbocycles. The lowest BCUT2D eigenvalue weighted by Crippen LogP contribution is -2.49. The minimum atomic E-state index is -0.264. The molecule has 0 N–H and O–H groups in total. The first-order chi connectivity index (χ1) is 12.4. The Morgan fingerprint density at radius 2 is 2.00 bits per heavy atom. The summed E-state index contributed by atoms with van der Waals surface area (Å²) in [6, 6.07) is 2.30. The van der Waals surface area contributed by atoms with Crippen molar-refractivity contribution in [3.63, 3.8) is 0 Å². The number of rotatable bonds is 2. The average Bonchev–Trinajstić information content (AvgIpc) is 3.07. The van der Waals surface area contributed by atoms with Crippen LogP contribution in [-0.4, -0.2) is 37.2 Å². The Morgan fingerprint density at radius 3 is 2.69 bits per heavy atom. The van der Waals surface area contributed by atoms with Crippen LogP contribution in [0.5, 0.6) is 0 Å². The SMILES string of the molecule is Cc1cc2c(o1)c1cnn(CC(=O)N3[C@H](C)CCC[C@H]3C)c(=O)c1n2C. The summed E-state index contributed by atoms with van der Waals surface area (Å²) in [4.78, 5) is 27.7. The van der Waals surface area contributed by atoms with Crippen LogP contribution in [0.3, 0.4) is 0 Å². The Hall–Kier alpha value is -2.57. The fraction of sp³-hybridized carbons (Fsp3) is 0.526. The van der Waals surface area contributed by atoms with Crippen molar-refractivity contribution in [1.82, 2.24) is 19.2 Å². The van der Waals surface area contributed by atoms with Gasteiger partial charge in [-0.25, -0.2) is 4.68 Å². The lowest BCUT2D eigenvalue weighted by molar-refractivity contribution is -0.138. The maximum absolute atomic E-state index is 13.0. The van der Waals surface area contributed by atoms with E-state index < -0.39 is 0 Å². The van der Waals surface area contributed by atoms with Crippen molar-refractivity contribution in [2.45, 2.75) is 58.7 Å². The lowest BCUT2D eigenvalue weighted by Gasteiger charge is -2.39. The van der Waals surface area contributed by atoms with E-state index in [-0.39, 0.29) is 30.1 Å². The van der Waals surface area contributed by atoms with Crippen LogP contribution >= 0.6 is 0 Å². The highest BCUT2D eigenvalue weighted by Gasteiger charge is 2.29. The Kier molecular flexibility index (Phi) is 3.89. The first-order valence-electron chi connectivity index (χ1n) is 9.14. The molecule has 138 valence electrons. The van der Waals surface area contributed by atoms with Crippen molar-refractivity contribution in [3.8, 4) is 0 Å². The molecule has 0 radical (unpaired) electrons. The molecule has 3 aromatic rings. The number of furan rings is 1. The third-order valence-electron chi connectivity index (χ3n) is 5.56. The highest BCUT2D eigenvalue weighted by molar-refractivity contribution is 6.04. The van der Waals surface area contributed by atoms with Gasteiger partial charge < -0.3 is 13.9 Å². The van der Waals surface area contributed by atoms with Gasteiger partial charge in [0.2, 0.25) is 5.91 Å². The first-order valence-corrected chi connectivity index (χ1v) is 9.14. The van der Waals surface area contributed by atoms with Crippen LogP contribution in [0.1, 0.15) is 38.9 Å². The number of fused-ring (bicyclic) bond motifs is 3. The average molecular weight is 356 g/mol. The minimum Gasteiger partial charge on any atom is -0.459 e. The van der Waals surface area contributed by atoms with Crippen molar-refractivity contribution < 1.29 is 9.21 Å². The van der Waals surface area contributed by atoms with Gasteiger partial charge in [0.05, 0.1) is 17.1 Å². The number of piperidine rings is 1. The predicted molar refractivity (Wildman–Crippen MR) is 99.1 cm³/mol. The second kappa shape index (κ2) is 6.00. The molecule has 0 spiro atoms. The first kappa shape index (κ1) is 16.9. The molecule has 1 saturated heterocycles. The quantitative estimate of drug-likeness (QED) is 0.707. The van der Waals surface area contributed by atoms with Crippen molar-refractivity contribution in [1.29, 1.82) is 0 Å². The second-order valence-corrected chi connectivity index (χ2v) is 7.43. The molecular weight excluding hydrogens is 332 g/mol. The Labute approximate surface area is 151 Å². The van der Waals surface area contributed by atoms with Crippen molar-refractivity contribution in [2.75, 3.05) is 0 Å². The van der Waals surface area contributed by atoms with Crippen LogP contribution in [0.2, 0.25) is 0 Å². The molecule has 4 heterocycles. The maximum atomic E-state index is 13.0. The van der Waals surface area contributed by atoms with Crippen LogP contribution < -0.4 is 5.56 Å². The largest absolute Gasteiger partial charge is 0.459 e. The monoisotopic (exact) mass is 356 g/mol. The molecule has 1 amide bonds. The zero-order valence-corrected chi connectivity index (χ0v) is 15.7. The van der Waals surface area contributed by atoms with E-state index in [1.807, 2.05) is 29.5 Å². The van der Waals surface area contributed by atoms with Crippen LogP contribution in [0.15, 0.2) is 21.5 Å². The molecule has 0 aromatic carbocycles. The summed E-state index contributed by atoms with van der Waals surface area (Å²) in [5, 5.41) is 4.93. The number of aromatic nitrogens is 3. The number of hydrogen-bond acceptors (Lipinski definition) is 4. The van der Waals surface area contributed by atoms with Gasteiger partial charge in [0.25, 0.3) is 5.56 Å². The van der Waals surface area contributed by atoms with Gasteiger partial charge in [0, 0.05) is 25.2 Å². The number of nitrogens with zero attached hydrogens (tertiary/aromatic N) is 4. The summed E-state index contributed by atoms with van der Waals surface area (Å²) in [6.45, 7) is 5.98. The van der Waals surface area contributed by atoms with Gasteiger partial charge in [-0.05, 0) is 40.0 Å². The third-order valence-corrected chi connectivity index (χ3v) is 5.56. The number of carbonyl (C=O) groups excluding carboxylic acids is 1. The predicted octanol–water partition coefficient (Wildman–Crippen LogP) is 2.58. The van der Waals surface area contributed by atoms with Gasteiger partial charge in [0.1, 0.15) is 17.8 Å². The topological polar surface area (TPSA) is 73.3 Å². The van der Waals surface area contributed by atoms with Gasteiger partial charge in [0.15, 0.2) is 5.58 Å². The van der Waals surface area contributed by atoms with Gasteiger partial charge in [-0.1, -0.05) is 0 Å². The lowest BCUT2D eigenvalue weighted by atomic mass is 9.97.